The van der Waals surface area contributed by atoms with Crippen LogP contribution < -0.4 is 5.32 Å². The van der Waals surface area contributed by atoms with Crippen molar-refractivity contribution in [2.75, 3.05) is 18.4 Å². The molecular weight excluding hydrogens is 236 g/mol. The predicted octanol–water partition coefficient (Wildman–Crippen LogP) is 3.28. The lowest BCUT2D eigenvalue weighted by Gasteiger charge is -2.36. The zero-order valence-corrected chi connectivity index (χ0v) is 11.8. The minimum Gasteiger partial charge on any atom is -0.376 e. The summed E-state index contributed by atoms with van der Waals surface area (Å²) in [6, 6.07) is 10.4. The third kappa shape index (κ3) is 3.98. The summed E-state index contributed by atoms with van der Waals surface area (Å²) in [4.78, 5) is 14.4. The van der Waals surface area contributed by atoms with E-state index in [1.807, 2.05) is 30.3 Å². The molecule has 2 rings (SSSR count). The van der Waals surface area contributed by atoms with Crippen molar-refractivity contribution >= 4 is 11.6 Å². The van der Waals surface area contributed by atoms with Gasteiger partial charge in [-0.3, -0.25) is 4.79 Å². The number of amides is 1. The highest BCUT2D eigenvalue weighted by Gasteiger charge is 2.25. The lowest BCUT2D eigenvalue weighted by atomic mass is 9.98. The first-order valence-corrected chi connectivity index (χ1v) is 7.39. The molecule has 3 heteroatoms. The Morgan fingerprint density at radius 2 is 2.11 bits per heavy atom. The molecule has 1 fully saturated rings. The second-order valence-corrected chi connectivity index (χ2v) is 5.24. The fourth-order valence-electron chi connectivity index (χ4n) is 2.80. The molecule has 0 spiro atoms. The third-order valence-electron chi connectivity index (χ3n) is 3.79. The average molecular weight is 260 g/mol. The van der Waals surface area contributed by atoms with Crippen molar-refractivity contribution in [1.29, 1.82) is 0 Å². The quantitative estimate of drug-likeness (QED) is 0.881. The Morgan fingerprint density at radius 1 is 1.32 bits per heavy atom. The van der Waals surface area contributed by atoms with E-state index in [2.05, 4.69) is 17.1 Å². The van der Waals surface area contributed by atoms with E-state index in [4.69, 9.17) is 0 Å². The molecule has 1 N–H and O–H groups in total. The Labute approximate surface area is 116 Å². The maximum absolute atomic E-state index is 12.3. The van der Waals surface area contributed by atoms with Crippen LogP contribution in [0.4, 0.5) is 5.69 Å². The molecule has 1 aromatic carbocycles. The molecule has 1 aromatic rings. The average Bonchev–Trinajstić information content (AvgIpc) is 2.47. The minimum atomic E-state index is 0.238. The molecule has 0 saturated carbocycles. The minimum absolute atomic E-state index is 0.238. The van der Waals surface area contributed by atoms with Crippen molar-refractivity contribution < 1.29 is 4.79 Å². The molecule has 1 atom stereocenters. The molecule has 1 unspecified atom stereocenters. The van der Waals surface area contributed by atoms with Crippen LogP contribution in [0.15, 0.2) is 30.3 Å². The highest BCUT2D eigenvalue weighted by atomic mass is 16.2. The molecule has 3 nitrogen and oxygen atoms in total. The molecule has 1 saturated heterocycles. The second kappa shape index (κ2) is 7.17. The molecule has 19 heavy (non-hydrogen) atoms. The van der Waals surface area contributed by atoms with Crippen molar-refractivity contribution in [2.24, 2.45) is 0 Å². The molecular formula is C16H24N2O. The van der Waals surface area contributed by atoms with E-state index >= 15 is 0 Å². The van der Waals surface area contributed by atoms with Crippen molar-refractivity contribution in [3.05, 3.63) is 30.3 Å². The first-order valence-electron chi connectivity index (χ1n) is 7.39. The molecule has 1 aliphatic rings. The number of rotatable bonds is 5. The monoisotopic (exact) mass is 260 g/mol. The second-order valence-electron chi connectivity index (χ2n) is 5.24. The van der Waals surface area contributed by atoms with Gasteiger partial charge in [-0.25, -0.2) is 0 Å². The number of benzene rings is 1. The predicted molar refractivity (Wildman–Crippen MR) is 79.2 cm³/mol. The molecule has 0 bridgehead atoms. The maximum atomic E-state index is 12.3. The van der Waals surface area contributed by atoms with Crippen LogP contribution in [0.2, 0.25) is 0 Å². The van der Waals surface area contributed by atoms with Gasteiger partial charge >= 0.3 is 0 Å². The van der Waals surface area contributed by atoms with Gasteiger partial charge in [0.05, 0.1) is 6.54 Å². The molecule has 0 aromatic heterocycles. The van der Waals surface area contributed by atoms with Crippen molar-refractivity contribution in [3.8, 4) is 0 Å². The highest BCUT2D eigenvalue weighted by Crippen LogP contribution is 2.21. The smallest absolute Gasteiger partial charge is 0.242 e. The van der Waals surface area contributed by atoms with E-state index in [-0.39, 0.29) is 5.91 Å². The van der Waals surface area contributed by atoms with Crippen LogP contribution in [0.3, 0.4) is 0 Å². The number of anilines is 1. The van der Waals surface area contributed by atoms with E-state index in [1.54, 1.807) is 0 Å². The standard InChI is InChI=1S/C16H24N2O/c1-2-8-15-11-6-7-12-18(15)16(19)13-17-14-9-4-3-5-10-14/h3-5,9-10,15,17H,2,6-8,11-13H2,1H3. The topological polar surface area (TPSA) is 32.3 Å². The summed E-state index contributed by atoms with van der Waals surface area (Å²) in [5.41, 5.74) is 1.01. The summed E-state index contributed by atoms with van der Waals surface area (Å²) < 4.78 is 0. The Morgan fingerprint density at radius 3 is 2.84 bits per heavy atom. The normalized spacial score (nSPS) is 19.2. The lowest BCUT2D eigenvalue weighted by Crippen LogP contribution is -2.46. The van der Waals surface area contributed by atoms with E-state index in [9.17, 15) is 4.79 Å². The van der Waals surface area contributed by atoms with Gasteiger partial charge in [-0.2, -0.15) is 0 Å². The number of hydrogen-bond acceptors (Lipinski definition) is 2. The summed E-state index contributed by atoms with van der Waals surface area (Å²) in [5.74, 6) is 0.238. The van der Waals surface area contributed by atoms with Crippen molar-refractivity contribution in [3.63, 3.8) is 0 Å². The number of likely N-dealkylation sites (tertiary alicyclic amines) is 1. The number of para-hydroxylation sites is 1. The van der Waals surface area contributed by atoms with Gasteiger partial charge in [0.1, 0.15) is 0 Å². The summed E-state index contributed by atoms with van der Waals surface area (Å²) in [6.45, 7) is 3.53. The number of hydrogen-bond donors (Lipinski definition) is 1. The fourth-order valence-corrected chi connectivity index (χ4v) is 2.80. The summed E-state index contributed by atoms with van der Waals surface area (Å²) in [6.07, 6.45) is 5.88. The maximum Gasteiger partial charge on any atom is 0.242 e. The molecule has 1 heterocycles. The number of piperidine rings is 1. The Kier molecular flexibility index (Phi) is 5.25. The van der Waals surface area contributed by atoms with E-state index in [0.29, 0.717) is 12.6 Å². The zero-order valence-electron chi connectivity index (χ0n) is 11.8. The summed E-state index contributed by atoms with van der Waals surface area (Å²) >= 11 is 0. The van der Waals surface area contributed by atoms with Gasteiger partial charge in [0, 0.05) is 18.3 Å². The van der Waals surface area contributed by atoms with Crippen molar-refractivity contribution in [1.82, 2.24) is 4.90 Å². The lowest BCUT2D eigenvalue weighted by molar-refractivity contribution is -0.133. The van der Waals surface area contributed by atoms with Gasteiger partial charge in [0.25, 0.3) is 0 Å². The van der Waals surface area contributed by atoms with Crippen LogP contribution in [-0.4, -0.2) is 29.9 Å². The SMILES string of the molecule is CCCC1CCCCN1C(=O)CNc1ccccc1. The molecule has 0 radical (unpaired) electrons. The number of carbonyl (C=O) groups excluding carboxylic acids is 1. The molecule has 1 aliphatic heterocycles. The first kappa shape index (κ1) is 13.9. The summed E-state index contributed by atoms with van der Waals surface area (Å²) in [5, 5.41) is 3.21. The van der Waals surface area contributed by atoms with Crippen LogP contribution in [-0.2, 0) is 4.79 Å². The van der Waals surface area contributed by atoms with E-state index in [0.717, 1.165) is 31.5 Å². The summed E-state index contributed by atoms with van der Waals surface area (Å²) in [7, 11) is 0. The van der Waals surface area contributed by atoms with Crippen LogP contribution >= 0.6 is 0 Å². The Hall–Kier alpha value is -1.51. The molecule has 1 amide bonds. The van der Waals surface area contributed by atoms with Gasteiger partial charge in [0.2, 0.25) is 5.91 Å². The van der Waals surface area contributed by atoms with Gasteiger partial charge in [-0.15, -0.1) is 0 Å². The Bertz CT molecular complexity index is 389. The first-order chi connectivity index (χ1) is 9.31. The van der Waals surface area contributed by atoms with Gasteiger partial charge in [-0.05, 0) is 37.8 Å². The molecule has 104 valence electrons. The van der Waals surface area contributed by atoms with Crippen LogP contribution in [0.25, 0.3) is 0 Å². The van der Waals surface area contributed by atoms with Crippen molar-refractivity contribution in [2.45, 2.75) is 45.1 Å². The van der Waals surface area contributed by atoms with Crippen LogP contribution in [0.1, 0.15) is 39.0 Å². The fraction of sp³-hybridized carbons (Fsp3) is 0.562. The third-order valence-corrected chi connectivity index (χ3v) is 3.79. The molecule has 0 aliphatic carbocycles. The number of nitrogens with zero attached hydrogens (tertiary/aromatic N) is 1. The van der Waals surface area contributed by atoms with Gasteiger partial charge in [0.15, 0.2) is 0 Å². The number of carbonyl (C=O) groups is 1. The van der Waals surface area contributed by atoms with Crippen LogP contribution in [0, 0.1) is 0 Å². The largest absolute Gasteiger partial charge is 0.376 e. The zero-order chi connectivity index (χ0) is 13.5. The van der Waals surface area contributed by atoms with Gasteiger partial charge < -0.3 is 10.2 Å². The van der Waals surface area contributed by atoms with E-state index < -0.39 is 0 Å². The Balaban J connectivity index is 1.87. The number of nitrogens with one attached hydrogen (secondary N) is 1. The van der Waals surface area contributed by atoms with Crippen LogP contribution in [0.5, 0.6) is 0 Å². The van der Waals surface area contributed by atoms with E-state index in [1.165, 1.54) is 12.8 Å². The van der Waals surface area contributed by atoms with Gasteiger partial charge in [-0.1, -0.05) is 31.5 Å². The highest BCUT2D eigenvalue weighted by molar-refractivity contribution is 5.81.